The zero-order valence-electron chi connectivity index (χ0n) is 12.3. The Balaban J connectivity index is 1.81. The summed E-state index contributed by atoms with van der Waals surface area (Å²) in [6.07, 6.45) is 1.03. The second kappa shape index (κ2) is 5.39. The van der Waals surface area contributed by atoms with Gasteiger partial charge in [0.1, 0.15) is 11.5 Å². The van der Waals surface area contributed by atoms with Gasteiger partial charge in [0.05, 0.1) is 10.6 Å². The van der Waals surface area contributed by atoms with Gasteiger partial charge in [-0.3, -0.25) is 4.79 Å². The van der Waals surface area contributed by atoms with Gasteiger partial charge in [-0.15, -0.1) is 0 Å². The molecule has 1 heterocycles. The molecule has 2 atom stereocenters. The van der Waals surface area contributed by atoms with Gasteiger partial charge in [-0.2, -0.15) is 0 Å². The van der Waals surface area contributed by atoms with Crippen LogP contribution in [0.25, 0.3) is 0 Å². The molecule has 0 bridgehead atoms. The molecule has 1 aliphatic carbocycles. The first-order valence-electron chi connectivity index (χ1n) is 7.02. The molecule has 1 aromatic carbocycles. The standard InChI is InChI=1S/C15H16N2O5S/c1-8-6-10(8)13-4-5-14(22-13)15(19)17-11-7-9(23(16,20)21)2-3-12(11)18/h2-5,7-8,10,18H,6H2,1H3,(H,17,19)(H2,16,20,21)/t8-,10+/m0/s1. The number of nitrogens with one attached hydrogen (secondary N) is 1. The van der Waals surface area contributed by atoms with Crippen molar-refractivity contribution in [3.63, 3.8) is 0 Å². The number of sulfonamides is 1. The summed E-state index contributed by atoms with van der Waals surface area (Å²) in [5.74, 6) is 0.896. The lowest BCUT2D eigenvalue weighted by Gasteiger charge is -2.07. The molecular weight excluding hydrogens is 320 g/mol. The molecule has 0 spiro atoms. The smallest absolute Gasteiger partial charge is 0.291 e. The van der Waals surface area contributed by atoms with Crippen molar-refractivity contribution >= 4 is 21.6 Å². The number of carbonyl (C=O) groups excluding carboxylic acids is 1. The van der Waals surface area contributed by atoms with Crippen LogP contribution in [0.15, 0.2) is 39.6 Å². The van der Waals surface area contributed by atoms with Crippen LogP contribution in [0, 0.1) is 5.92 Å². The highest BCUT2D eigenvalue weighted by Crippen LogP contribution is 2.47. The maximum atomic E-state index is 12.2. The summed E-state index contributed by atoms with van der Waals surface area (Å²) in [5, 5.41) is 17.2. The van der Waals surface area contributed by atoms with Crippen molar-refractivity contribution < 1.29 is 22.7 Å². The van der Waals surface area contributed by atoms with Crippen LogP contribution in [0.4, 0.5) is 5.69 Å². The first-order chi connectivity index (χ1) is 10.8. The number of phenols is 1. The van der Waals surface area contributed by atoms with E-state index in [0.29, 0.717) is 11.8 Å². The van der Waals surface area contributed by atoms with Crippen LogP contribution in [0.2, 0.25) is 0 Å². The van der Waals surface area contributed by atoms with E-state index in [1.54, 1.807) is 12.1 Å². The van der Waals surface area contributed by atoms with Crippen LogP contribution in [0.5, 0.6) is 5.75 Å². The lowest BCUT2D eigenvalue weighted by atomic mass is 10.2. The highest BCUT2D eigenvalue weighted by Gasteiger charge is 2.37. The van der Waals surface area contributed by atoms with Gasteiger partial charge in [-0.05, 0) is 42.7 Å². The Morgan fingerprint density at radius 3 is 2.65 bits per heavy atom. The van der Waals surface area contributed by atoms with Gasteiger partial charge in [0.15, 0.2) is 5.76 Å². The van der Waals surface area contributed by atoms with Gasteiger partial charge >= 0.3 is 0 Å². The van der Waals surface area contributed by atoms with Gasteiger partial charge in [0.2, 0.25) is 10.0 Å². The molecule has 1 amide bonds. The molecule has 23 heavy (non-hydrogen) atoms. The number of phenolic OH excluding ortho intramolecular Hbond substituents is 1. The van der Waals surface area contributed by atoms with Crippen LogP contribution in [-0.4, -0.2) is 19.4 Å². The molecule has 0 unspecified atom stereocenters. The van der Waals surface area contributed by atoms with Crippen molar-refractivity contribution in [3.05, 3.63) is 41.9 Å². The summed E-state index contributed by atoms with van der Waals surface area (Å²) in [4.78, 5) is 12.0. The van der Waals surface area contributed by atoms with Crippen molar-refractivity contribution in [1.29, 1.82) is 0 Å². The number of benzene rings is 1. The quantitative estimate of drug-likeness (QED) is 0.737. The number of nitrogens with two attached hydrogens (primary N) is 1. The van der Waals surface area contributed by atoms with E-state index < -0.39 is 15.9 Å². The van der Waals surface area contributed by atoms with Gasteiger partial charge < -0.3 is 14.8 Å². The number of carbonyl (C=O) groups is 1. The van der Waals surface area contributed by atoms with Gasteiger partial charge in [0, 0.05) is 5.92 Å². The maximum absolute atomic E-state index is 12.2. The molecule has 1 aromatic heterocycles. The third kappa shape index (κ3) is 3.22. The molecule has 4 N–H and O–H groups in total. The van der Waals surface area contributed by atoms with E-state index in [0.717, 1.165) is 30.4 Å². The fraction of sp³-hybridized carbons (Fsp3) is 0.267. The lowest BCUT2D eigenvalue weighted by molar-refractivity contribution is 0.0994. The fourth-order valence-electron chi connectivity index (χ4n) is 2.37. The summed E-state index contributed by atoms with van der Waals surface area (Å²) >= 11 is 0. The Morgan fingerprint density at radius 1 is 1.35 bits per heavy atom. The minimum atomic E-state index is -3.93. The molecular formula is C15H16N2O5S. The zero-order valence-corrected chi connectivity index (χ0v) is 13.1. The van der Waals surface area contributed by atoms with E-state index in [-0.39, 0.29) is 22.1 Å². The average Bonchev–Trinajstić information content (AvgIpc) is 3.00. The van der Waals surface area contributed by atoms with Crippen LogP contribution < -0.4 is 10.5 Å². The molecule has 1 aliphatic rings. The average molecular weight is 336 g/mol. The Morgan fingerprint density at radius 2 is 2.04 bits per heavy atom. The molecule has 0 radical (unpaired) electrons. The summed E-state index contributed by atoms with van der Waals surface area (Å²) in [7, 11) is -3.93. The van der Waals surface area contributed by atoms with Crippen LogP contribution in [0.1, 0.15) is 35.6 Å². The highest BCUT2D eigenvalue weighted by atomic mass is 32.2. The van der Waals surface area contributed by atoms with E-state index in [1.807, 2.05) is 0 Å². The van der Waals surface area contributed by atoms with E-state index in [9.17, 15) is 18.3 Å². The summed E-state index contributed by atoms with van der Waals surface area (Å²) in [6, 6.07) is 6.70. The highest BCUT2D eigenvalue weighted by molar-refractivity contribution is 7.89. The SMILES string of the molecule is C[C@H]1C[C@H]1c1ccc(C(=O)Nc2cc(S(N)(=O)=O)ccc2O)o1. The van der Waals surface area contributed by atoms with Crippen molar-refractivity contribution in [2.45, 2.75) is 24.2 Å². The number of anilines is 1. The summed E-state index contributed by atoms with van der Waals surface area (Å²) < 4.78 is 28.2. The molecule has 122 valence electrons. The molecule has 7 nitrogen and oxygen atoms in total. The monoisotopic (exact) mass is 336 g/mol. The molecule has 1 fully saturated rings. The number of furan rings is 1. The molecule has 3 rings (SSSR count). The Bertz CT molecular complexity index is 872. The molecule has 0 aliphatic heterocycles. The number of primary sulfonamides is 1. The van der Waals surface area contributed by atoms with Crippen molar-refractivity contribution in [2.24, 2.45) is 11.1 Å². The van der Waals surface area contributed by atoms with Gasteiger partial charge in [0.25, 0.3) is 5.91 Å². The van der Waals surface area contributed by atoms with E-state index >= 15 is 0 Å². The van der Waals surface area contributed by atoms with Crippen LogP contribution in [0.3, 0.4) is 0 Å². The number of aromatic hydroxyl groups is 1. The Labute approximate surface area is 133 Å². The maximum Gasteiger partial charge on any atom is 0.291 e. The predicted octanol–water partition coefficient (Wildman–Crippen LogP) is 2.01. The minimum absolute atomic E-state index is 0.0562. The molecule has 8 heteroatoms. The van der Waals surface area contributed by atoms with Crippen molar-refractivity contribution in [1.82, 2.24) is 0 Å². The normalized spacial score (nSPS) is 20.3. The third-order valence-corrected chi connectivity index (χ3v) is 4.78. The van der Waals surface area contributed by atoms with Gasteiger partial charge in [-0.1, -0.05) is 6.92 Å². The minimum Gasteiger partial charge on any atom is -0.506 e. The first-order valence-corrected chi connectivity index (χ1v) is 8.57. The molecule has 0 saturated heterocycles. The fourth-order valence-corrected chi connectivity index (χ4v) is 2.91. The number of hydrogen-bond donors (Lipinski definition) is 3. The van der Waals surface area contributed by atoms with Crippen molar-refractivity contribution in [2.75, 3.05) is 5.32 Å². The Kier molecular flexibility index (Phi) is 3.65. The van der Waals surface area contributed by atoms with E-state index in [2.05, 4.69) is 12.2 Å². The van der Waals surface area contributed by atoms with E-state index in [4.69, 9.17) is 9.56 Å². The van der Waals surface area contributed by atoms with Gasteiger partial charge in [-0.25, -0.2) is 13.6 Å². The first kappa shape index (κ1) is 15.6. The molecule has 2 aromatic rings. The van der Waals surface area contributed by atoms with Crippen LogP contribution >= 0.6 is 0 Å². The number of rotatable bonds is 4. The van der Waals surface area contributed by atoms with E-state index in [1.165, 1.54) is 0 Å². The second-order valence-corrected chi connectivity index (χ2v) is 7.26. The molecule has 1 saturated carbocycles. The lowest BCUT2D eigenvalue weighted by Crippen LogP contribution is -2.14. The summed E-state index contributed by atoms with van der Waals surface area (Å²) in [5.41, 5.74) is -0.0562. The zero-order chi connectivity index (χ0) is 16.8. The van der Waals surface area contributed by atoms with Crippen LogP contribution in [-0.2, 0) is 10.0 Å². The second-order valence-electron chi connectivity index (χ2n) is 5.70. The topological polar surface area (TPSA) is 123 Å². The Hall–Kier alpha value is -2.32. The van der Waals surface area contributed by atoms with Crippen molar-refractivity contribution in [3.8, 4) is 5.75 Å². The summed E-state index contributed by atoms with van der Waals surface area (Å²) in [6.45, 7) is 2.10. The predicted molar refractivity (Wildman–Crippen MR) is 82.7 cm³/mol. The number of amides is 1. The third-order valence-electron chi connectivity index (χ3n) is 3.87. The number of hydrogen-bond acceptors (Lipinski definition) is 5. The largest absolute Gasteiger partial charge is 0.506 e.